The number of benzene rings is 2. The van der Waals surface area contributed by atoms with Gasteiger partial charge >= 0.3 is 0 Å². The highest BCUT2D eigenvalue weighted by Gasteiger charge is 2.23. The van der Waals surface area contributed by atoms with E-state index >= 15 is 0 Å². The summed E-state index contributed by atoms with van der Waals surface area (Å²) in [5.74, 6) is -0.504. The van der Waals surface area contributed by atoms with Gasteiger partial charge in [0.25, 0.3) is 5.56 Å². The van der Waals surface area contributed by atoms with Crippen LogP contribution in [0.25, 0.3) is 11.1 Å². The number of halogens is 1. The first-order valence-corrected chi connectivity index (χ1v) is 12.0. The minimum Gasteiger partial charge on any atom is -0.326 e. The highest BCUT2D eigenvalue weighted by molar-refractivity contribution is 5.88. The predicted octanol–water partition coefficient (Wildman–Crippen LogP) is 4.61. The molecule has 1 aliphatic heterocycles. The maximum atomic E-state index is 14.7. The highest BCUT2D eigenvalue weighted by Crippen LogP contribution is 2.27. The van der Waals surface area contributed by atoms with Gasteiger partial charge in [-0.25, -0.2) is 4.39 Å². The van der Waals surface area contributed by atoms with E-state index in [-0.39, 0.29) is 11.5 Å². The lowest BCUT2D eigenvalue weighted by Gasteiger charge is -2.31. The summed E-state index contributed by atoms with van der Waals surface area (Å²) in [7, 11) is 0. The van der Waals surface area contributed by atoms with Crippen LogP contribution in [0, 0.1) is 5.82 Å². The Labute approximate surface area is 209 Å². The number of pyridine rings is 2. The third-order valence-corrected chi connectivity index (χ3v) is 6.48. The Bertz CT molecular complexity index is 1450. The molecule has 5 rings (SSSR count). The second-order valence-electron chi connectivity index (χ2n) is 9.10. The Morgan fingerprint density at radius 3 is 2.42 bits per heavy atom. The first kappa shape index (κ1) is 23.6. The van der Waals surface area contributed by atoms with Crippen molar-refractivity contribution in [1.29, 1.82) is 0 Å². The molecule has 0 saturated carbocycles. The van der Waals surface area contributed by atoms with Gasteiger partial charge in [0.2, 0.25) is 5.91 Å². The van der Waals surface area contributed by atoms with Crippen LogP contribution >= 0.6 is 0 Å². The van der Waals surface area contributed by atoms with Crippen LogP contribution in [0.3, 0.4) is 0 Å². The highest BCUT2D eigenvalue weighted by atomic mass is 19.1. The maximum absolute atomic E-state index is 14.7. The molecular weight excluding hydrogens is 455 g/mol. The van der Waals surface area contributed by atoms with Gasteiger partial charge in [0.05, 0.1) is 12.1 Å². The molecule has 36 heavy (non-hydrogen) atoms. The Morgan fingerprint density at radius 1 is 0.972 bits per heavy atom. The molecular formula is C29H27FN4O2. The zero-order valence-electron chi connectivity index (χ0n) is 20.1. The van der Waals surface area contributed by atoms with Gasteiger partial charge < -0.3 is 9.88 Å². The number of fused-ring (bicyclic) bond motifs is 1. The van der Waals surface area contributed by atoms with Crippen molar-refractivity contribution in [3.05, 3.63) is 118 Å². The molecule has 0 atom stereocenters. The zero-order chi connectivity index (χ0) is 25.1. The van der Waals surface area contributed by atoms with Gasteiger partial charge in [-0.05, 0) is 53.1 Å². The molecule has 7 heteroatoms. The number of amides is 1. The largest absolute Gasteiger partial charge is 0.326 e. The van der Waals surface area contributed by atoms with E-state index in [1.807, 2.05) is 42.5 Å². The van der Waals surface area contributed by atoms with E-state index in [1.165, 1.54) is 13.0 Å². The maximum Gasteiger partial charge on any atom is 0.259 e. The number of hydrogen-bond donors (Lipinski definition) is 1. The minimum absolute atomic E-state index is 0.0983. The fourth-order valence-electron chi connectivity index (χ4n) is 4.78. The first-order chi connectivity index (χ1) is 17.5. The third-order valence-electron chi connectivity index (χ3n) is 6.48. The van der Waals surface area contributed by atoms with E-state index in [0.29, 0.717) is 24.2 Å². The molecule has 2 aromatic heterocycles. The van der Waals surface area contributed by atoms with Crippen LogP contribution in [0.1, 0.15) is 29.3 Å². The van der Waals surface area contributed by atoms with Gasteiger partial charge in [-0.15, -0.1) is 0 Å². The van der Waals surface area contributed by atoms with Gasteiger partial charge in [0, 0.05) is 62.3 Å². The van der Waals surface area contributed by atoms with Gasteiger partial charge in [0.15, 0.2) is 0 Å². The van der Waals surface area contributed by atoms with Crippen LogP contribution in [0.2, 0.25) is 0 Å². The van der Waals surface area contributed by atoms with Crippen LogP contribution in [0.5, 0.6) is 0 Å². The monoisotopic (exact) mass is 482 g/mol. The zero-order valence-corrected chi connectivity index (χ0v) is 20.1. The van der Waals surface area contributed by atoms with Crippen molar-refractivity contribution in [2.24, 2.45) is 0 Å². The van der Waals surface area contributed by atoms with E-state index in [1.54, 1.807) is 35.2 Å². The van der Waals surface area contributed by atoms with Crippen LogP contribution < -0.4 is 10.9 Å². The molecule has 0 aliphatic carbocycles. The number of aromatic nitrogens is 2. The molecule has 2 aromatic carbocycles. The van der Waals surface area contributed by atoms with Crippen molar-refractivity contribution in [2.75, 3.05) is 11.9 Å². The van der Waals surface area contributed by atoms with Crippen molar-refractivity contribution in [1.82, 2.24) is 14.5 Å². The van der Waals surface area contributed by atoms with Crippen molar-refractivity contribution >= 4 is 11.6 Å². The molecule has 182 valence electrons. The summed E-state index contributed by atoms with van der Waals surface area (Å²) in [5.41, 5.74) is 5.41. The Morgan fingerprint density at radius 2 is 1.69 bits per heavy atom. The number of rotatable bonds is 6. The Kier molecular flexibility index (Phi) is 6.73. The molecule has 1 aliphatic rings. The molecule has 0 unspecified atom stereocenters. The fourth-order valence-corrected chi connectivity index (χ4v) is 4.78. The van der Waals surface area contributed by atoms with Crippen LogP contribution in [-0.4, -0.2) is 26.9 Å². The molecule has 6 nitrogen and oxygen atoms in total. The van der Waals surface area contributed by atoms with E-state index < -0.39 is 5.82 Å². The topological polar surface area (TPSA) is 67.2 Å². The average molecular weight is 483 g/mol. The molecule has 1 amide bonds. The van der Waals surface area contributed by atoms with Crippen molar-refractivity contribution < 1.29 is 9.18 Å². The van der Waals surface area contributed by atoms with Gasteiger partial charge in [-0.1, -0.05) is 30.3 Å². The summed E-state index contributed by atoms with van der Waals surface area (Å²) in [6, 6.07) is 19.9. The molecule has 0 radical (unpaired) electrons. The Hall–Kier alpha value is -4.10. The molecule has 0 spiro atoms. The second kappa shape index (κ2) is 10.3. The minimum atomic E-state index is -0.406. The molecule has 0 saturated heterocycles. The lowest BCUT2D eigenvalue weighted by Crippen LogP contribution is -2.36. The summed E-state index contributed by atoms with van der Waals surface area (Å²) < 4.78 is 16.5. The smallest absolute Gasteiger partial charge is 0.259 e. The van der Waals surface area contributed by atoms with Crippen LogP contribution in [0.15, 0.2) is 83.9 Å². The van der Waals surface area contributed by atoms with Crippen molar-refractivity contribution in [3.8, 4) is 11.1 Å². The van der Waals surface area contributed by atoms with Gasteiger partial charge in [0.1, 0.15) is 5.82 Å². The van der Waals surface area contributed by atoms with Crippen molar-refractivity contribution in [3.63, 3.8) is 0 Å². The lowest BCUT2D eigenvalue weighted by molar-refractivity contribution is -0.114. The fraction of sp³-hybridized carbons (Fsp3) is 0.207. The predicted molar refractivity (Wildman–Crippen MR) is 138 cm³/mol. The number of carbonyl (C=O) groups is 1. The molecule has 3 heterocycles. The standard InChI is InChI=1S/C29H27FN4O2/c1-20(35)32-24-8-6-21(7-9-24)17-33-15-12-28-23(19-33)16-26(25-4-2-3-5-27(25)30)29(36)34(28)18-22-10-13-31-14-11-22/h2-11,13-14,16H,12,15,17-19H2,1H3,(H,32,35). The SMILES string of the molecule is CC(=O)Nc1ccc(CN2CCc3c(cc(-c4ccccc4F)c(=O)n3Cc3ccncc3)C2)cc1. The van der Waals surface area contributed by atoms with Crippen LogP contribution in [0.4, 0.5) is 10.1 Å². The first-order valence-electron chi connectivity index (χ1n) is 12.0. The van der Waals surface area contributed by atoms with Gasteiger partial charge in [-0.2, -0.15) is 0 Å². The molecule has 0 fully saturated rings. The van der Waals surface area contributed by atoms with E-state index in [2.05, 4.69) is 15.2 Å². The number of nitrogens with zero attached hydrogens (tertiary/aromatic N) is 3. The van der Waals surface area contributed by atoms with Gasteiger partial charge in [-0.3, -0.25) is 19.5 Å². The molecule has 4 aromatic rings. The summed E-state index contributed by atoms with van der Waals surface area (Å²) in [4.78, 5) is 31.3. The van der Waals surface area contributed by atoms with Crippen molar-refractivity contribution in [2.45, 2.75) is 33.0 Å². The van der Waals surface area contributed by atoms with E-state index in [9.17, 15) is 14.0 Å². The molecule has 1 N–H and O–H groups in total. The third kappa shape index (κ3) is 5.11. The average Bonchev–Trinajstić information content (AvgIpc) is 2.87. The summed E-state index contributed by atoms with van der Waals surface area (Å²) >= 11 is 0. The summed E-state index contributed by atoms with van der Waals surface area (Å²) in [6.45, 7) is 4.09. The van der Waals surface area contributed by atoms with E-state index in [0.717, 1.165) is 47.6 Å². The summed E-state index contributed by atoms with van der Waals surface area (Å²) in [5, 5.41) is 2.79. The lowest BCUT2D eigenvalue weighted by atomic mass is 9.98. The summed E-state index contributed by atoms with van der Waals surface area (Å²) in [6.07, 6.45) is 4.15. The molecule has 0 bridgehead atoms. The quantitative estimate of drug-likeness (QED) is 0.436. The van der Waals surface area contributed by atoms with E-state index in [4.69, 9.17) is 0 Å². The number of carbonyl (C=O) groups excluding carboxylic acids is 1. The number of nitrogens with one attached hydrogen (secondary N) is 1. The normalized spacial score (nSPS) is 13.3. The van der Waals surface area contributed by atoms with Crippen LogP contribution in [-0.2, 0) is 30.8 Å². The Balaban J connectivity index is 1.48. The second-order valence-corrected chi connectivity index (χ2v) is 9.10. The number of anilines is 1. The number of hydrogen-bond acceptors (Lipinski definition) is 4.